The van der Waals surface area contributed by atoms with E-state index in [2.05, 4.69) is 43.6 Å². The van der Waals surface area contributed by atoms with E-state index < -0.39 is 6.10 Å². The van der Waals surface area contributed by atoms with Crippen molar-refractivity contribution >= 4 is 17.6 Å². The van der Waals surface area contributed by atoms with Crippen LogP contribution in [0.2, 0.25) is 0 Å². The van der Waals surface area contributed by atoms with Crippen LogP contribution in [0, 0.1) is 0 Å². The van der Waals surface area contributed by atoms with E-state index in [-0.39, 0.29) is 18.1 Å². The lowest BCUT2D eigenvalue weighted by atomic mass is 10.1. The van der Waals surface area contributed by atoms with Gasteiger partial charge in [-0.25, -0.2) is 19.9 Å². The lowest BCUT2D eigenvalue weighted by Crippen LogP contribution is -2.57. The van der Waals surface area contributed by atoms with Crippen LogP contribution in [-0.4, -0.2) is 62.8 Å². The van der Waals surface area contributed by atoms with Crippen molar-refractivity contribution in [3.63, 3.8) is 0 Å². The zero-order valence-electron chi connectivity index (χ0n) is 18.7. The monoisotopic (exact) mass is 428 g/mol. The van der Waals surface area contributed by atoms with Gasteiger partial charge >= 0.3 is 5.97 Å². The van der Waals surface area contributed by atoms with Crippen LogP contribution in [-0.2, 0) is 16.0 Å². The number of aromatic nitrogens is 4. The summed E-state index contributed by atoms with van der Waals surface area (Å²) >= 11 is 0. The molecule has 1 N–H and O–H groups in total. The molecule has 2 aromatic rings. The second kappa shape index (κ2) is 10.5. The number of nitrogens with zero attached hydrogens (tertiary/aromatic N) is 6. The highest BCUT2D eigenvalue weighted by Gasteiger charge is 2.31. The van der Waals surface area contributed by atoms with Gasteiger partial charge in [0.1, 0.15) is 23.6 Å². The van der Waals surface area contributed by atoms with Gasteiger partial charge in [0.05, 0.1) is 6.61 Å². The summed E-state index contributed by atoms with van der Waals surface area (Å²) in [6.07, 6.45) is 4.46. The Morgan fingerprint density at radius 1 is 1.16 bits per heavy atom. The summed E-state index contributed by atoms with van der Waals surface area (Å²) in [6.45, 7) is 9.78. The maximum atomic E-state index is 11.5. The smallest absolute Gasteiger partial charge is 0.305 e. The first-order chi connectivity index (χ1) is 14.9. The molecule has 0 aromatic carbocycles. The van der Waals surface area contributed by atoms with E-state index in [1.165, 1.54) is 0 Å². The highest BCUT2D eigenvalue weighted by molar-refractivity contribution is 5.69. The first-order valence-electron chi connectivity index (χ1n) is 10.9. The first-order valence-corrected chi connectivity index (χ1v) is 10.9. The molecule has 2 aromatic heterocycles. The molecule has 31 heavy (non-hydrogen) atoms. The summed E-state index contributed by atoms with van der Waals surface area (Å²) in [5.74, 6) is 2.61. The third-order valence-corrected chi connectivity index (χ3v) is 5.27. The van der Waals surface area contributed by atoms with Gasteiger partial charge in [-0.1, -0.05) is 6.92 Å². The number of ether oxygens (including phenoxy) is 1. The van der Waals surface area contributed by atoms with E-state index in [1.807, 2.05) is 19.1 Å². The van der Waals surface area contributed by atoms with E-state index in [4.69, 9.17) is 4.74 Å². The zero-order valence-corrected chi connectivity index (χ0v) is 18.7. The van der Waals surface area contributed by atoms with Crippen molar-refractivity contribution in [3.8, 4) is 0 Å². The topological polar surface area (TPSA) is 105 Å². The molecule has 1 fully saturated rings. The van der Waals surface area contributed by atoms with Crippen LogP contribution in [0.15, 0.2) is 24.5 Å². The number of rotatable bonds is 8. The Hall–Kier alpha value is -2.81. The number of piperazine rings is 1. The summed E-state index contributed by atoms with van der Waals surface area (Å²) < 4.78 is 5.23. The molecular formula is C22H32N6O3. The van der Waals surface area contributed by atoms with Gasteiger partial charge in [0, 0.05) is 50.4 Å². The standard InChI is InChI=1S/C22H32N6O3/c1-5-6-21(30)31-12-9-18-23-10-7-19(25-18)27-13-15(2)28(16(3)14-27)20-8-11-24-22(26-20)17(4)29/h7-8,10-11,15-17,29H,5-6,9,12-14H2,1-4H3/t15-,16+,17-/m1/s1. The molecule has 0 unspecified atom stereocenters. The Morgan fingerprint density at radius 3 is 2.52 bits per heavy atom. The molecule has 9 nitrogen and oxygen atoms in total. The van der Waals surface area contributed by atoms with E-state index in [0.29, 0.717) is 31.1 Å². The molecule has 0 spiro atoms. The van der Waals surface area contributed by atoms with Crippen LogP contribution in [0.5, 0.6) is 0 Å². The second-order valence-corrected chi connectivity index (χ2v) is 8.01. The molecule has 3 atom stereocenters. The summed E-state index contributed by atoms with van der Waals surface area (Å²) in [5, 5.41) is 9.82. The number of carbonyl (C=O) groups excluding carboxylic acids is 1. The fourth-order valence-electron chi connectivity index (χ4n) is 3.89. The lowest BCUT2D eigenvalue weighted by Gasteiger charge is -2.45. The van der Waals surface area contributed by atoms with Gasteiger partial charge in [-0.2, -0.15) is 0 Å². The largest absolute Gasteiger partial charge is 0.465 e. The number of carbonyl (C=O) groups is 1. The molecule has 9 heteroatoms. The summed E-state index contributed by atoms with van der Waals surface area (Å²) in [4.78, 5) is 33.8. The number of anilines is 2. The van der Waals surface area contributed by atoms with Crippen molar-refractivity contribution in [2.75, 3.05) is 29.5 Å². The van der Waals surface area contributed by atoms with Crippen LogP contribution in [0.4, 0.5) is 11.6 Å². The number of hydrogen-bond acceptors (Lipinski definition) is 9. The molecule has 1 aliphatic rings. The van der Waals surface area contributed by atoms with Gasteiger partial charge in [-0.3, -0.25) is 4.79 Å². The average molecular weight is 429 g/mol. The average Bonchev–Trinajstić information content (AvgIpc) is 2.74. The Labute approximate surface area is 183 Å². The Morgan fingerprint density at radius 2 is 1.84 bits per heavy atom. The highest BCUT2D eigenvalue weighted by atomic mass is 16.5. The third kappa shape index (κ3) is 5.88. The van der Waals surface area contributed by atoms with Gasteiger partial charge in [-0.15, -0.1) is 0 Å². The molecule has 1 saturated heterocycles. The van der Waals surface area contributed by atoms with Crippen LogP contribution in [0.3, 0.4) is 0 Å². The molecule has 168 valence electrons. The van der Waals surface area contributed by atoms with Crippen molar-refractivity contribution in [1.29, 1.82) is 0 Å². The normalized spacial score (nSPS) is 19.9. The molecule has 1 aliphatic heterocycles. The van der Waals surface area contributed by atoms with Gasteiger partial charge in [0.25, 0.3) is 0 Å². The SMILES string of the molecule is CCCC(=O)OCCc1nccc(N2C[C@@H](C)N(c3ccnc([C@@H](C)O)n3)[C@@H](C)C2)n1. The predicted octanol–water partition coefficient (Wildman–Crippen LogP) is 2.31. The summed E-state index contributed by atoms with van der Waals surface area (Å²) in [5.41, 5.74) is 0. The molecule has 0 aliphatic carbocycles. The molecule has 3 rings (SSSR count). The fraction of sp³-hybridized carbons (Fsp3) is 0.591. The Balaban J connectivity index is 1.66. The number of aliphatic hydroxyl groups is 1. The Bertz CT molecular complexity index is 866. The second-order valence-electron chi connectivity index (χ2n) is 8.01. The molecule has 0 radical (unpaired) electrons. The minimum atomic E-state index is -0.701. The molecule has 0 bridgehead atoms. The predicted molar refractivity (Wildman–Crippen MR) is 118 cm³/mol. The van der Waals surface area contributed by atoms with Crippen molar-refractivity contribution in [3.05, 3.63) is 36.2 Å². The zero-order chi connectivity index (χ0) is 22.4. The first kappa shape index (κ1) is 22.9. The van der Waals surface area contributed by atoms with Gasteiger partial charge < -0.3 is 19.6 Å². The summed E-state index contributed by atoms with van der Waals surface area (Å²) in [7, 11) is 0. The number of aliphatic hydroxyl groups excluding tert-OH is 1. The molecular weight excluding hydrogens is 396 g/mol. The molecule has 0 amide bonds. The fourth-order valence-corrected chi connectivity index (χ4v) is 3.89. The third-order valence-electron chi connectivity index (χ3n) is 5.27. The quantitative estimate of drug-likeness (QED) is 0.634. The number of esters is 1. The molecule has 3 heterocycles. The van der Waals surface area contributed by atoms with Crippen molar-refractivity contribution < 1.29 is 14.6 Å². The van der Waals surface area contributed by atoms with E-state index >= 15 is 0 Å². The van der Waals surface area contributed by atoms with Crippen LogP contribution in [0.1, 0.15) is 58.3 Å². The van der Waals surface area contributed by atoms with E-state index in [1.54, 1.807) is 19.3 Å². The highest BCUT2D eigenvalue weighted by Crippen LogP contribution is 2.26. The van der Waals surface area contributed by atoms with E-state index in [0.717, 1.165) is 31.1 Å². The maximum Gasteiger partial charge on any atom is 0.305 e. The molecule has 0 saturated carbocycles. The van der Waals surface area contributed by atoms with Crippen LogP contribution >= 0.6 is 0 Å². The van der Waals surface area contributed by atoms with Crippen molar-refractivity contribution in [2.45, 2.75) is 65.1 Å². The number of hydrogen-bond donors (Lipinski definition) is 1. The van der Waals surface area contributed by atoms with Crippen LogP contribution < -0.4 is 9.80 Å². The summed E-state index contributed by atoms with van der Waals surface area (Å²) in [6, 6.07) is 4.18. The van der Waals surface area contributed by atoms with Gasteiger partial charge in [0.2, 0.25) is 0 Å². The van der Waals surface area contributed by atoms with Crippen molar-refractivity contribution in [1.82, 2.24) is 19.9 Å². The minimum absolute atomic E-state index is 0.180. The minimum Gasteiger partial charge on any atom is -0.465 e. The van der Waals surface area contributed by atoms with Crippen molar-refractivity contribution in [2.24, 2.45) is 0 Å². The lowest BCUT2D eigenvalue weighted by molar-refractivity contribution is -0.143. The van der Waals surface area contributed by atoms with Crippen LogP contribution in [0.25, 0.3) is 0 Å². The van der Waals surface area contributed by atoms with Gasteiger partial charge in [-0.05, 0) is 39.3 Å². The Kier molecular flexibility index (Phi) is 7.73. The maximum absolute atomic E-state index is 11.5. The van der Waals surface area contributed by atoms with E-state index in [9.17, 15) is 9.90 Å². The van der Waals surface area contributed by atoms with Gasteiger partial charge in [0.15, 0.2) is 5.82 Å².